The van der Waals surface area contributed by atoms with Crippen LogP contribution >= 0.6 is 0 Å². The summed E-state index contributed by atoms with van der Waals surface area (Å²) < 4.78 is 30.6. The van der Waals surface area contributed by atoms with Crippen molar-refractivity contribution in [2.45, 2.75) is 26.4 Å². The number of carboxylic acid groups (broad SMARTS) is 1. The van der Waals surface area contributed by atoms with Gasteiger partial charge in [-0.05, 0) is 0 Å². The zero-order chi connectivity index (χ0) is 16.0. The van der Waals surface area contributed by atoms with Gasteiger partial charge >= 0.3 is 5.97 Å². The minimum Gasteiger partial charge on any atom is -0.481 e. The molecule has 1 aliphatic rings. The van der Waals surface area contributed by atoms with Crippen molar-refractivity contribution in [1.29, 1.82) is 0 Å². The maximum Gasteiger partial charge on any atom is 0.306 e. The van der Waals surface area contributed by atoms with Crippen LogP contribution in [0.15, 0.2) is 0 Å². The Morgan fingerprint density at radius 2 is 1.95 bits per heavy atom. The van der Waals surface area contributed by atoms with Crippen LogP contribution in [-0.4, -0.2) is 79.2 Å². The van der Waals surface area contributed by atoms with Crippen molar-refractivity contribution in [1.82, 2.24) is 9.21 Å². The van der Waals surface area contributed by atoms with Crippen molar-refractivity contribution in [3.05, 3.63) is 0 Å². The number of ether oxygens (including phenoxy) is 1. The number of morpholine rings is 1. The van der Waals surface area contributed by atoms with E-state index in [0.29, 0.717) is 13.1 Å². The molecule has 1 rings (SSSR count). The van der Waals surface area contributed by atoms with Gasteiger partial charge in [-0.3, -0.25) is 9.59 Å². The number of hydrogen-bond donors (Lipinski definition) is 1. The van der Waals surface area contributed by atoms with Gasteiger partial charge in [0, 0.05) is 26.2 Å². The van der Waals surface area contributed by atoms with Crippen LogP contribution in [0.5, 0.6) is 0 Å². The summed E-state index contributed by atoms with van der Waals surface area (Å²) in [6.45, 7) is 4.66. The van der Waals surface area contributed by atoms with Crippen LogP contribution < -0.4 is 0 Å². The predicted octanol–water partition coefficient (Wildman–Crippen LogP) is -0.640. The van der Waals surface area contributed by atoms with Crippen molar-refractivity contribution in [3.63, 3.8) is 0 Å². The Labute approximate surface area is 124 Å². The van der Waals surface area contributed by atoms with Gasteiger partial charge in [0.15, 0.2) is 0 Å². The number of nitrogens with zero attached hydrogens (tertiary/aromatic N) is 2. The fourth-order valence-electron chi connectivity index (χ4n) is 2.22. The molecule has 1 atom stereocenters. The monoisotopic (exact) mass is 322 g/mol. The first kappa shape index (κ1) is 17.9. The minimum absolute atomic E-state index is 0.110. The molecule has 1 saturated heterocycles. The highest BCUT2D eigenvalue weighted by Gasteiger charge is 2.30. The molecule has 1 amide bonds. The van der Waals surface area contributed by atoms with E-state index in [1.165, 1.54) is 9.21 Å². The number of carboxylic acids is 1. The maximum absolute atomic E-state index is 12.1. The molecule has 0 aromatic rings. The summed E-state index contributed by atoms with van der Waals surface area (Å²) in [4.78, 5) is 24.1. The molecule has 1 fully saturated rings. The van der Waals surface area contributed by atoms with Crippen molar-refractivity contribution in [3.8, 4) is 0 Å². The molecule has 0 saturated carbocycles. The summed E-state index contributed by atoms with van der Waals surface area (Å²) in [5.41, 5.74) is 0. The molecule has 1 aliphatic heterocycles. The lowest BCUT2D eigenvalue weighted by molar-refractivity contribution is -0.146. The van der Waals surface area contributed by atoms with E-state index < -0.39 is 33.8 Å². The lowest BCUT2D eigenvalue weighted by Gasteiger charge is -2.32. The summed E-state index contributed by atoms with van der Waals surface area (Å²) in [5.74, 6) is -2.11. The van der Waals surface area contributed by atoms with Crippen LogP contribution in [0.2, 0.25) is 0 Å². The summed E-state index contributed by atoms with van der Waals surface area (Å²) in [6, 6.07) is 0. The van der Waals surface area contributed by atoms with E-state index >= 15 is 0 Å². The zero-order valence-electron chi connectivity index (χ0n) is 12.3. The number of aliphatic carboxylic acids is 1. The van der Waals surface area contributed by atoms with Crippen LogP contribution in [0.4, 0.5) is 0 Å². The van der Waals surface area contributed by atoms with Crippen LogP contribution in [0.1, 0.15) is 20.3 Å². The molecule has 1 unspecified atom stereocenters. The average molecular weight is 322 g/mol. The Bertz CT molecular complexity index is 474. The quantitative estimate of drug-likeness (QED) is 0.668. The minimum atomic E-state index is -3.63. The van der Waals surface area contributed by atoms with Gasteiger partial charge in [-0.25, -0.2) is 12.7 Å². The lowest BCUT2D eigenvalue weighted by Crippen LogP contribution is -2.49. The van der Waals surface area contributed by atoms with Crippen molar-refractivity contribution >= 4 is 21.9 Å². The first-order valence-corrected chi connectivity index (χ1v) is 8.50. The third-order valence-corrected chi connectivity index (χ3v) is 5.21. The molecule has 8 nitrogen and oxygen atoms in total. The van der Waals surface area contributed by atoms with Crippen LogP contribution in [-0.2, 0) is 24.3 Å². The standard InChI is InChI=1S/C12H22N2O6S/c1-3-14(4-2)21(18,19)9-11(15)13-5-6-20-10(8-13)7-12(16)17/h10H,3-9H2,1-2H3,(H,16,17). The van der Waals surface area contributed by atoms with E-state index in [0.717, 1.165) is 0 Å². The number of sulfonamides is 1. The van der Waals surface area contributed by atoms with Crippen molar-refractivity contribution < 1.29 is 27.9 Å². The number of rotatable bonds is 7. The van der Waals surface area contributed by atoms with Gasteiger partial charge in [-0.1, -0.05) is 13.8 Å². The van der Waals surface area contributed by atoms with Crippen LogP contribution in [0, 0.1) is 0 Å². The Balaban J connectivity index is 2.64. The number of amides is 1. The SMILES string of the molecule is CCN(CC)S(=O)(=O)CC(=O)N1CCOC(CC(=O)O)C1. The molecule has 0 bridgehead atoms. The molecule has 21 heavy (non-hydrogen) atoms. The topological polar surface area (TPSA) is 104 Å². The normalized spacial score (nSPS) is 19.8. The Kier molecular flexibility index (Phi) is 6.56. The van der Waals surface area contributed by atoms with Gasteiger partial charge < -0.3 is 14.7 Å². The fraction of sp³-hybridized carbons (Fsp3) is 0.833. The summed E-state index contributed by atoms with van der Waals surface area (Å²) in [5, 5.41) is 8.73. The predicted molar refractivity (Wildman–Crippen MR) is 75.3 cm³/mol. The summed E-state index contributed by atoms with van der Waals surface area (Å²) >= 11 is 0. The number of hydrogen-bond acceptors (Lipinski definition) is 5. The van der Waals surface area contributed by atoms with E-state index in [4.69, 9.17) is 9.84 Å². The van der Waals surface area contributed by atoms with Gasteiger partial charge in [0.05, 0.1) is 19.1 Å². The van der Waals surface area contributed by atoms with Gasteiger partial charge in [0.2, 0.25) is 15.9 Å². The van der Waals surface area contributed by atoms with Gasteiger partial charge in [0.25, 0.3) is 0 Å². The third kappa shape index (κ3) is 5.25. The second kappa shape index (κ2) is 7.71. The third-order valence-electron chi connectivity index (χ3n) is 3.30. The molecule has 1 N–H and O–H groups in total. The molecule has 0 aromatic carbocycles. The first-order chi connectivity index (χ1) is 9.80. The molecular formula is C12H22N2O6S. The molecular weight excluding hydrogens is 300 g/mol. The second-order valence-corrected chi connectivity index (χ2v) is 6.74. The Hall–Kier alpha value is -1.19. The zero-order valence-corrected chi connectivity index (χ0v) is 13.1. The molecule has 0 aromatic heterocycles. The molecule has 0 spiro atoms. The maximum atomic E-state index is 12.1. The van der Waals surface area contributed by atoms with E-state index in [-0.39, 0.29) is 26.1 Å². The van der Waals surface area contributed by atoms with E-state index in [1.54, 1.807) is 13.8 Å². The number of carbonyl (C=O) groups is 2. The van der Waals surface area contributed by atoms with Crippen molar-refractivity contribution in [2.24, 2.45) is 0 Å². The first-order valence-electron chi connectivity index (χ1n) is 6.89. The largest absolute Gasteiger partial charge is 0.481 e. The van der Waals surface area contributed by atoms with Gasteiger partial charge in [-0.2, -0.15) is 0 Å². The molecule has 1 heterocycles. The second-order valence-electron chi connectivity index (χ2n) is 4.77. The van der Waals surface area contributed by atoms with E-state index in [1.807, 2.05) is 0 Å². The Morgan fingerprint density at radius 3 is 2.48 bits per heavy atom. The Morgan fingerprint density at radius 1 is 1.33 bits per heavy atom. The van der Waals surface area contributed by atoms with Crippen molar-refractivity contribution in [2.75, 3.05) is 38.5 Å². The van der Waals surface area contributed by atoms with E-state index in [2.05, 4.69) is 0 Å². The van der Waals surface area contributed by atoms with Crippen LogP contribution in [0.3, 0.4) is 0 Å². The smallest absolute Gasteiger partial charge is 0.306 e. The highest BCUT2D eigenvalue weighted by Crippen LogP contribution is 2.11. The molecule has 0 aliphatic carbocycles. The fourth-order valence-corrected chi connectivity index (χ4v) is 3.68. The molecule has 122 valence electrons. The summed E-state index contributed by atoms with van der Waals surface area (Å²) in [7, 11) is -3.63. The number of carbonyl (C=O) groups excluding carboxylic acids is 1. The van der Waals surface area contributed by atoms with Gasteiger partial charge in [-0.15, -0.1) is 0 Å². The molecule has 0 radical (unpaired) electrons. The summed E-state index contributed by atoms with van der Waals surface area (Å²) in [6.07, 6.45) is -0.789. The highest BCUT2D eigenvalue weighted by atomic mass is 32.2. The van der Waals surface area contributed by atoms with Gasteiger partial charge in [0.1, 0.15) is 5.75 Å². The molecule has 9 heteroatoms. The van der Waals surface area contributed by atoms with E-state index in [9.17, 15) is 18.0 Å². The highest BCUT2D eigenvalue weighted by molar-refractivity contribution is 7.89. The van der Waals surface area contributed by atoms with Crippen LogP contribution in [0.25, 0.3) is 0 Å². The average Bonchev–Trinajstić information content (AvgIpc) is 2.38. The lowest BCUT2D eigenvalue weighted by atomic mass is 10.2.